The molecule has 0 aliphatic heterocycles. The van der Waals surface area contributed by atoms with E-state index in [1.807, 2.05) is 12.1 Å². The van der Waals surface area contributed by atoms with E-state index in [-0.39, 0.29) is 0 Å². The molecule has 0 amide bonds. The lowest BCUT2D eigenvalue weighted by Crippen LogP contribution is -1.81. The maximum absolute atomic E-state index is 3.97. The summed E-state index contributed by atoms with van der Waals surface area (Å²) in [4.78, 5) is 1.06. The second-order valence-corrected chi connectivity index (χ2v) is 3.58. The van der Waals surface area contributed by atoms with Crippen LogP contribution in [0.5, 0.6) is 0 Å². The Morgan fingerprint density at radius 3 is 2.67 bits per heavy atom. The van der Waals surface area contributed by atoms with Crippen molar-refractivity contribution < 1.29 is 0 Å². The molecule has 0 unspecified atom stereocenters. The summed E-state index contributed by atoms with van der Waals surface area (Å²) in [6, 6.07) is 8.22. The Bertz CT molecular complexity index is 300. The molecule has 1 aromatic rings. The first-order chi connectivity index (χ1) is 5.75. The molecule has 12 heavy (non-hydrogen) atoms. The van der Waals surface area contributed by atoms with Crippen molar-refractivity contribution in [2.24, 2.45) is 0 Å². The Morgan fingerprint density at radius 2 is 2.08 bits per heavy atom. The summed E-state index contributed by atoms with van der Waals surface area (Å²) in [5, 5.41) is 1.80. The lowest BCUT2D eigenvalue weighted by molar-refractivity contribution is 1.44. The van der Waals surface area contributed by atoms with Gasteiger partial charge in [0.25, 0.3) is 0 Å². The van der Waals surface area contributed by atoms with E-state index in [9.17, 15) is 0 Å². The minimum Gasteiger partial charge on any atom is -0.0987 e. The highest BCUT2D eigenvalue weighted by Gasteiger charge is 1.99. The molecule has 62 valence electrons. The first-order valence-electron chi connectivity index (χ1n) is 3.78. The van der Waals surface area contributed by atoms with Gasteiger partial charge in [0.1, 0.15) is 0 Å². The molecule has 0 spiro atoms. The van der Waals surface area contributed by atoms with E-state index in [1.165, 1.54) is 11.1 Å². The van der Waals surface area contributed by atoms with Gasteiger partial charge in [0, 0.05) is 4.91 Å². The second kappa shape index (κ2) is 4.17. The van der Waals surface area contributed by atoms with Crippen molar-refractivity contribution in [3.63, 3.8) is 0 Å². The predicted molar refractivity (Wildman–Crippen MR) is 58.0 cm³/mol. The molecule has 1 aromatic carbocycles. The van der Waals surface area contributed by atoms with Crippen molar-refractivity contribution >= 4 is 16.7 Å². The summed E-state index contributed by atoms with van der Waals surface area (Å²) in [5.74, 6) is 0. The normalized spacial score (nSPS) is 9.42. The molecular formula is C11H12S. The van der Waals surface area contributed by atoms with Crippen LogP contribution < -0.4 is 0 Å². The van der Waals surface area contributed by atoms with Crippen LogP contribution in [-0.2, 0) is 0 Å². The van der Waals surface area contributed by atoms with Gasteiger partial charge in [-0.2, -0.15) is 0 Å². The molecule has 0 N–H and O–H groups in total. The van der Waals surface area contributed by atoms with Crippen molar-refractivity contribution in [1.29, 1.82) is 0 Å². The van der Waals surface area contributed by atoms with Gasteiger partial charge in [0.15, 0.2) is 0 Å². The van der Waals surface area contributed by atoms with Crippen LogP contribution in [0.1, 0.15) is 11.1 Å². The van der Waals surface area contributed by atoms with Crippen LogP contribution in [0.25, 0.3) is 4.91 Å². The number of hydrogen-bond donors (Lipinski definition) is 0. The van der Waals surface area contributed by atoms with E-state index >= 15 is 0 Å². The standard InChI is InChI=1S/C11H12S/c1-4-12-10(3)11-8-6-5-7-9(11)2/h4-8H,1,3H2,2H3. The van der Waals surface area contributed by atoms with Gasteiger partial charge in [0.05, 0.1) is 0 Å². The average molecular weight is 176 g/mol. The van der Waals surface area contributed by atoms with Crippen LogP contribution >= 0.6 is 11.8 Å². The topological polar surface area (TPSA) is 0 Å². The van der Waals surface area contributed by atoms with E-state index < -0.39 is 0 Å². The molecule has 0 saturated carbocycles. The van der Waals surface area contributed by atoms with Crippen molar-refractivity contribution in [1.82, 2.24) is 0 Å². The van der Waals surface area contributed by atoms with Gasteiger partial charge in [-0.15, -0.1) is 0 Å². The quantitative estimate of drug-likeness (QED) is 0.674. The maximum atomic E-state index is 3.97. The summed E-state index contributed by atoms with van der Waals surface area (Å²) in [6.07, 6.45) is 0. The molecule has 1 rings (SSSR count). The van der Waals surface area contributed by atoms with Gasteiger partial charge in [-0.25, -0.2) is 0 Å². The van der Waals surface area contributed by atoms with Crippen LogP contribution in [-0.4, -0.2) is 0 Å². The van der Waals surface area contributed by atoms with Crippen molar-refractivity contribution in [3.05, 3.63) is 54.0 Å². The van der Waals surface area contributed by atoms with E-state index in [1.54, 1.807) is 17.2 Å². The third-order valence-electron chi connectivity index (χ3n) is 1.67. The third kappa shape index (κ3) is 2.02. The first kappa shape index (κ1) is 9.14. The highest BCUT2D eigenvalue weighted by molar-refractivity contribution is 8.10. The summed E-state index contributed by atoms with van der Waals surface area (Å²) in [5.41, 5.74) is 2.47. The summed E-state index contributed by atoms with van der Waals surface area (Å²) < 4.78 is 0. The van der Waals surface area contributed by atoms with Crippen LogP contribution in [0.4, 0.5) is 0 Å². The summed E-state index contributed by atoms with van der Waals surface area (Å²) >= 11 is 1.57. The summed E-state index contributed by atoms with van der Waals surface area (Å²) in [7, 11) is 0. The lowest BCUT2D eigenvalue weighted by atomic mass is 10.1. The van der Waals surface area contributed by atoms with Crippen molar-refractivity contribution in [2.75, 3.05) is 0 Å². The fourth-order valence-electron chi connectivity index (χ4n) is 1.05. The number of benzene rings is 1. The molecule has 0 heterocycles. The van der Waals surface area contributed by atoms with Crippen LogP contribution in [0, 0.1) is 6.92 Å². The fraction of sp³-hybridized carbons (Fsp3) is 0.0909. The fourth-order valence-corrected chi connectivity index (χ4v) is 1.61. The molecule has 0 aromatic heterocycles. The minimum atomic E-state index is 1.06. The zero-order valence-corrected chi connectivity index (χ0v) is 8.03. The molecule has 0 radical (unpaired) electrons. The first-order valence-corrected chi connectivity index (χ1v) is 4.66. The van der Waals surface area contributed by atoms with Gasteiger partial charge in [-0.05, 0) is 23.5 Å². The zero-order chi connectivity index (χ0) is 8.97. The Kier molecular flexibility index (Phi) is 3.18. The number of rotatable bonds is 3. The molecule has 0 aliphatic rings. The van der Waals surface area contributed by atoms with E-state index in [0.29, 0.717) is 0 Å². The molecule has 1 heteroatoms. The average Bonchev–Trinajstić information content (AvgIpc) is 2.05. The van der Waals surface area contributed by atoms with Crippen LogP contribution in [0.3, 0.4) is 0 Å². The van der Waals surface area contributed by atoms with Gasteiger partial charge in [0.2, 0.25) is 0 Å². The highest BCUT2D eigenvalue weighted by Crippen LogP contribution is 2.27. The lowest BCUT2D eigenvalue weighted by Gasteiger charge is -2.05. The Balaban J connectivity index is 2.94. The van der Waals surface area contributed by atoms with Crippen LogP contribution in [0.15, 0.2) is 42.8 Å². The minimum absolute atomic E-state index is 1.06. The molecule has 0 bridgehead atoms. The van der Waals surface area contributed by atoms with Crippen molar-refractivity contribution in [2.45, 2.75) is 6.92 Å². The van der Waals surface area contributed by atoms with Gasteiger partial charge in [-0.1, -0.05) is 49.2 Å². The molecule has 0 saturated heterocycles. The molecule has 0 fully saturated rings. The maximum Gasteiger partial charge on any atom is 0.0119 e. The predicted octanol–water partition coefficient (Wildman–Crippen LogP) is 3.84. The Morgan fingerprint density at radius 1 is 1.42 bits per heavy atom. The number of aryl methyl sites for hydroxylation is 1. The monoisotopic (exact) mass is 176 g/mol. The third-order valence-corrected chi connectivity index (χ3v) is 2.34. The molecular weight excluding hydrogens is 164 g/mol. The Labute approximate surface area is 78.0 Å². The summed E-state index contributed by atoms with van der Waals surface area (Å²) in [6.45, 7) is 9.71. The Hall–Kier alpha value is -0.950. The molecule has 0 nitrogen and oxygen atoms in total. The largest absolute Gasteiger partial charge is 0.0987 e. The SMILES string of the molecule is C=CSC(=C)c1ccccc1C. The smallest absolute Gasteiger partial charge is 0.0119 e. The molecule has 0 atom stereocenters. The van der Waals surface area contributed by atoms with Gasteiger partial charge < -0.3 is 0 Å². The van der Waals surface area contributed by atoms with Crippen molar-refractivity contribution in [3.8, 4) is 0 Å². The van der Waals surface area contributed by atoms with E-state index in [2.05, 4.69) is 32.2 Å². The number of hydrogen-bond acceptors (Lipinski definition) is 1. The molecule has 0 aliphatic carbocycles. The number of thioether (sulfide) groups is 1. The van der Waals surface area contributed by atoms with E-state index in [4.69, 9.17) is 0 Å². The van der Waals surface area contributed by atoms with Crippen LogP contribution in [0.2, 0.25) is 0 Å². The zero-order valence-electron chi connectivity index (χ0n) is 7.21. The van der Waals surface area contributed by atoms with Gasteiger partial charge >= 0.3 is 0 Å². The highest BCUT2D eigenvalue weighted by atomic mass is 32.2. The second-order valence-electron chi connectivity index (χ2n) is 2.52. The van der Waals surface area contributed by atoms with E-state index in [0.717, 1.165) is 4.91 Å². The van der Waals surface area contributed by atoms with Gasteiger partial charge in [-0.3, -0.25) is 0 Å².